The first-order chi connectivity index (χ1) is 17.1. The third kappa shape index (κ3) is 4.52. The minimum Gasteiger partial charge on any atom is -0.454 e. The van der Waals surface area contributed by atoms with Gasteiger partial charge < -0.3 is 24.6 Å². The van der Waals surface area contributed by atoms with E-state index in [2.05, 4.69) is 16.3 Å². The zero-order chi connectivity index (χ0) is 23.8. The second kappa shape index (κ2) is 9.03. The number of nitrogens with zero attached hydrogens (tertiary/aromatic N) is 3. The van der Waals surface area contributed by atoms with Crippen molar-refractivity contribution in [2.24, 2.45) is 0 Å². The van der Waals surface area contributed by atoms with Crippen molar-refractivity contribution >= 4 is 38.5 Å². The number of rotatable bonds is 6. The number of benzene rings is 2. The van der Waals surface area contributed by atoms with Crippen molar-refractivity contribution in [3.63, 3.8) is 0 Å². The van der Waals surface area contributed by atoms with Crippen LogP contribution in [0.3, 0.4) is 0 Å². The fourth-order valence-corrected chi connectivity index (χ4v) is 6.29. The molecule has 3 aliphatic heterocycles. The number of carbonyl (C=O) groups excluding carboxylic acids is 2. The van der Waals surface area contributed by atoms with Crippen molar-refractivity contribution in [3.8, 4) is 11.5 Å². The SMILES string of the molecule is O=C1CC[C@](CCC(=O)N2CCN(c3nc4ccccc4s3)CC2)(Cc2ccc3c(c2)OCO3)N1. The third-order valence-electron chi connectivity index (χ3n) is 7.22. The minimum absolute atomic E-state index is 0.0580. The first kappa shape index (κ1) is 22.2. The molecule has 8 nitrogen and oxygen atoms in total. The largest absolute Gasteiger partial charge is 0.454 e. The molecule has 2 saturated heterocycles. The molecule has 3 aliphatic rings. The number of carbonyl (C=O) groups is 2. The molecule has 1 aromatic heterocycles. The lowest BCUT2D eigenvalue weighted by atomic mass is 9.84. The maximum Gasteiger partial charge on any atom is 0.231 e. The molecule has 0 aliphatic carbocycles. The van der Waals surface area contributed by atoms with E-state index in [-0.39, 0.29) is 18.6 Å². The van der Waals surface area contributed by atoms with Crippen LogP contribution in [0.15, 0.2) is 42.5 Å². The highest BCUT2D eigenvalue weighted by molar-refractivity contribution is 7.22. The van der Waals surface area contributed by atoms with Crippen LogP contribution >= 0.6 is 11.3 Å². The molecule has 0 saturated carbocycles. The van der Waals surface area contributed by atoms with Crippen molar-refractivity contribution in [2.45, 2.75) is 37.6 Å². The summed E-state index contributed by atoms with van der Waals surface area (Å²) in [5.74, 6) is 1.70. The topological polar surface area (TPSA) is 84.0 Å². The second-order valence-electron chi connectivity index (χ2n) is 9.52. The zero-order valence-corrected chi connectivity index (χ0v) is 20.3. The maximum atomic E-state index is 13.1. The molecule has 35 heavy (non-hydrogen) atoms. The van der Waals surface area contributed by atoms with Crippen LogP contribution in [0.1, 0.15) is 31.2 Å². The van der Waals surface area contributed by atoms with E-state index in [1.807, 2.05) is 41.3 Å². The fourth-order valence-electron chi connectivity index (χ4n) is 5.27. The van der Waals surface area contributed by atoms with E-state index in [1.165, 1.54) is 4.70 Å². The molecule has 1 atom stereocenters. The molecule has 0 unspecified atom stereocenters. The van der Waals surface area contributed by atoms with Crippen LogP contribution in [0.2, 0.25) is 0 Å². The van der Waals surface area contributed by atoms with Gasteiger partial charge in [0.05, 0.1) is 10.2 Å². The number of thiazole rings is 1. The molecule has 1 N–H and O–H groups in total. The number of nitrogens with one attached hydrogen (secondary N) is 1. The Bertz CT molecular complexity index is 1240. The van der Waals surface area contributed by atoms with Gasteiger partial charge in [-0.05, 0) is 49.1 Å². The van der Waals surface area contributed by atoms with Gasteiger partial charge in [0, 0.05) is 44.6 Å². The van der Waals surface area contributed by atoms with Gasteiger partial charge in [-0.25, -0.2) is 4.98 Å². The van der Waals surface area contributed by atoms with Gasteiger partial charge in [0.15, 0.2) is 16.6 Å². The van der Waals surface area contributed by atoms with Gasteiger partial charge in [-0.15, -0.1) is 0 Å². The summed E-state index contributed by atoms with van der Waals surface area (Å²) in [5.41, 5.74) is 1.70. The van der Waals surface area contributed by atoms with E-state index >= 15 is 0 Å². The van der Waals surface area contributed by atoms with Crippen molar-refractivity contribution < 1.29 is 19.1 Å². The molecule has 6 rings (SSSR count). The highest BCUT2D eigenvalue weighted by atomic mass is 32.1. The molecule has 182 valence electrons. The van der Waals surface area contributed by atoms with Crippen molar-refractivity contribution in [3.05, 3.63) is 48.0 Å². The van der Waals surface area contributed by atoms with Crippen LogP contribution in [0, 0.1) is 0 Å². The Morgan fingerprint density at radius 2 is 1.91 bits per heavy atom. The van der Waals surface area contributed by atoms with Crippen molar-refractivity contribution in [1.82, 2.24) is 15.2 Å². The van der Waals surface area contributed by atoms with Crippen LogP contribution in [0.5, 0.6) is 11.5 Å². The highest BCUT2D eigenvalue weighted by Gasteiger charge is 2.38. The van der Waals surface area contributed by atoms with E-state index in [4.69, 9.17) is 14.5 Å². The summed E-state index contributed by atoms with van der Waals surface area (Å²) in [6.45, 7) is 3.18. The lowest BCUT2D eigenvalue weighted by Crippen LogP contribution is -2.50. The summed E-state index contributed by atoms with van der Waals surface area (Å²) in [7, 11) is 0. The summed E-state index contributed by atoms with van der Waals surface area (Å²) in [6.07, 6.45) is 2.96. The van der Waals surface area contributed by atoms with Gasteiger partial charge in [-0.3, -0.25) is 9.59 Å². The number of fused-ring (bicyclic) bond motifs is 2. The normalized spacial score (nSPS) is 21.5. The number of hydrogen-bond donors (Lipinski definition) is 1. The predicted molar refractivity (Wildman–Crippen MR) is 134 cm³/mol. The minimum atomic E-state index is -0.400. The average Bonchev–Trinajstić information content (AvgIpc) is 3.61. The summed E-state index contributed by atoms with van der Waals surface area (Å²) in [6, 6.07) is 14.1. The van der Waals surface area contributed by atoms with Gasteiger partial charge >= 0.3 is 0 Å². The molecular weight excluding hydrogens is 464 g/mol. The van der Waals surface area contributed by atoms with Gasteiger partial charge in [-0.2, -0.15) is 0 Å². The molecule has 0 radical (unpaired) electrons. The van der Waals surface area contributed by atoms with Crippen LogP contribution in [-0.4, -0.2) is 60.2 Å². The number of amides is 2. The zero-order valence-electron chi connectivity index (χ0n) is 19.5. The monoisotopic (exact) mass is 492 g/mol. The van der Waals surface area contributed by atoms with E-state index in [9.17, 15) is 9.59 Å². The van der Waals surface area contributed by atoms with Crippen LogP contribution in [0.4, 0.5) is 5.13 Å². The Balaban J connectivity index is 1.07. The third-order valence-corrected chi connectivity index (χ3v) is 8.31. The molecule has 0 bridgehead atoms. The Hall–Kier alpha value is -3.33. The number of aromatic nitrogens is 1. The summed E-state index contributed by atoms with van der Waals surface area (Å²) in [5, 5.41) is 4.21. The summed E-state index contributed by atoms with van der Waals surface area (Å²) >= 11 is 1.70. The number of para-hydroxylation sites is 1. The van der Waals surface area contributed by atoms with Crippen LogP contribution in [-0.2, 0) is 16.0 Å². The predicted octanol–water partition coefficient (Wildman–Crippen LogP) is 3.35. The van der Waals surface area contributed by atoms with E-state index in [0.29, 0.717) is 38.8 Å². The quantitative estimate of drug-likeness (QED) is 0.568. The van der Waals surface area contributed by atoms with E-state index < -0.39 is 5.54 Å². The average molecular weight is 493 g/mol. The van der Waals surface area contributed by atoms with Crippen molar-refractivity contribution in [1.29, 1.82) is 0 Å². The lowest BCUT2D eigenvalue weighted by molar-refractivity contribution is -0.132. The maximum absolute atomic E-state index is 13.1. The van der Waals surface area contributed by atoms with Gasteiger partial charge in [-0.1, -0.05) is 29.5 Å². The molecule has 2 amide bonds. The standard InChI is InChI=1S/C26H28N4O4S/c31-23-7-9-26(28-23,16-18-5-6-20-21(15-18)34-17-33-20)10-8-24(32)29-11-13-30(14-12-29)25-27-19-3-1-2-4-22(19)35-25/h1-6,15H,7-14,16-17H2,(H,28,31)/t26-/m0/s1. The molecule has 0 spiro atoms. The van der Waals surface area contributed by atoms with Crippen molar-refractivity contribution in [2.75, 3.05) is 37.9 Å². The molecule has 2 fully saturated rings. The highest BCUT2D eigenvalue weighted by Crippen LogP contribution is 2.36. The summed E-state index contributed by atoms with van der Waals surface area (Å²) in [4.78, 5) is 34.3. The first-order valence-electron chi connectivity index (χ1n) is 12.1. The van der Waals surface area contributed by atoms with E-state index in [1.54, 1.807) is 11.3 Å². The van der Waals surface area contributed by atoms with Crippen LogP contribution in [0.25, 0.3) is 10.2 Å². The van der Waals surface area contributed by atoms with E-state index in [0.717, 1.165) is 47.2 Å². The van der Waals surface area contributed by atoms with Gasteiger partial charge in [0.2, 0.25) is 18.6 Å². The number of ether oxygens (including phenoxy) is 2. The molecule has 9 heteroatoms. The number of anilines is 1. The number of hydrogen-bond acceptors (Lipinski definition) is 7. The van der Waals surface area contributed by atoms with Gasteiger partial charge in [0.25, 0.3) is 0 Å². The summed E-state index contributed by atoms with van der Waals surface area (Å²) < 4.78 is 12.1. The first-order valence-corrected chi connectivity index (χ1v) is 13.0. The molecule has 3 aromatic rings. The molecule has 4 heterocycles. The molecule has 2 aromatic carbocycles. The Labute approximate surface area is 207 Å². The lowest BCUT2D eigenvalue weighted by Gasteiger charge is -2.36. The Morgan fingerprint density at radius 1 is 1.09 bits per heavy atom. The number of piperazine rings is 1. The Morgan fingerprint density at radius 3 is 2.71 bits per heavy atom. The fraction of sp³-hybridized carbons (Fsp3) is 0.423. The Kier molecular flexibility index (Phi) is 5.72. The smallest absolute Gasteiger partial charge is 0.231 e. The van der Waals surface area contributed by atoms with Gasteiger partial charge in [0.1, 0.15) is 0 Å². The van der Waals surface area contributed by atoms with Crippen LogP contribution < -0.4 is 19.7 Å². The second-order valence-corrected chi connectivity index (χ2v) is 10.5. The molecular formula is C26H28N4O4S.